The van der Waals surface area contributed by atoms with Crippen molar-refractivity contribution in [1.29, 1.82) is 0 Å². The van der Waals surface area contributed by atoms with Gasteiger partial charge in [0.25, 0.3) is 31.6 Å². The largest absolute Gasteiger partial charge is 0.465 e. The molecule has 1 aliphatic carbocycles. The average Bonchev–Trinajstić information content (AvgIpc) is 3.87. The number of hydrogen-bond acceptors (Lipinski definition) is 11. The topological polar surface area (TPSA) is 186 Å². The molecule has 0 saturated heterocycles. The van der Waals surface area contributed by atoms with Crippen LogP contribution in [0.1, 0.15) is 16.9 Å². The summed E-state index contributed by atoms with van der Waals surface area (Å²) in [6, 6.07) is 0.806. The summed E-state index contributed by atoms with van der Waals surface area (Å²) in [5.74, 6) is -78.4. The van der Waals surface area contributed by atoms with Gasteiger partial charge < -0.3 is 4.42 Å². The minimum absolute atomic E-state index is 0.112. The molecule has 0 unspecified atom stereocenters. The van der Waals surface area contributed by atoms with Gasteiger partial charge in [-0.2, -0.15) is 105 Å². The highest BCUT2D eigenvalue weighted by atomic mass is 32.2. The fourth-order valence-electron chi connectivity index (χ4n) is 5.71. The van der Waals surface area contributed by atoms with E-state index in [4.69, 9.17) is 4.42 Å². The van der Waals surface area contributed by atoms with E-state index in [1.807, 2.05) is 0 Å². The highest BCUT2D eigenvalue weighted by Crippen LogP contribution is 2.61. The van der Waals surface area contributed by atoms with Crippen molar-refractivity contribution in [2.75, 3.05) is 13.2 Å². The Labute approximate surface area is 374 Å². The van der Waals surface area contributed by atoms with E-state index in [1.54, 1.807) is 0 Å². The van der Waals surface area contributed by atoms with Gasteiger partial charge in [-0.25, -0.2) is 17.6 Å². The van der Waals surface area contributed by atoms with Crippen molar-refractivity contribution in [2.24, 2.45) is 0 Å². The van der Waals surface area contributed by atoms with E-state index in [9.17, 15) is 142 Å². The van der Waals surface area contributed by atoms with Crippen LogP contribution in [0.3, 0.4) is 0 Å². The maximum Gasteiger partial charge on any atom is 0.384 e. The van der Waals surface area contributed by atoms with Crippen LogP contribution in [-0.2, 0) is 28.6 Å². The summed E-state index contributed by atoms with van der Waals surface area (Å²) in [5, 5.41) is 24.6. The van der Waals surface area contributed by atoms with Crippen LogP contribution in [0.5, 0.6) is 0 Å². The second-order valence-electron chi connectivity index (χ2n) is 14.0. The number of furan rings is 1. The van der Waals surface area contributed by atoms with E-state index >= 15 is 0 Å². The third kappa shape index (κ3) is 8.95. The molecule has 0 saturated carbocycles. The molecule has 39 heteroatoms. The molecule has 4 rings (SSSR count). The number of alkyl halides is 24. The van der Waals surface area contributed by atoms with Crippen LogP contribution in [0.25, 0.3) is 22.8 Å². The van der Waals surface area contributed by atoms with Gasteiger partial charge in [0.05, 0.1) is 27.2 Å². The molecule has 71 heavy (non-hydrogen) atoms. The molecule has 1 aliphatic rings. The smallest absolute Gasteiger partial charge is 0.384 e. The molecule has 0 aliphatic heterocycles. The maximum atomic E-state index is 14.5. The lowest BCUT2D eigenvalue weighted by atomic mass is 9.95. The second kappa shape index (κ2) is 17.6. The molecule has 3 aromatic rings. The predicted octanol–water partition coefficient (Wildman–Crippen LogP) is 11.0. The summed E-state index contributed by atoms with van der Waals surface area (Å²) in [5.41, 5.74) is -10.0. The zero-order valence-corrected chi connectivity index (χ0v) is 34.1. The number of halogens is 24. The van der Waals surface area contributed by atoms with Gasteiger partial charge in [0.1, 0.15) is 28.8 Å². The van der Waals surface area contributed by atoms with Crippen molar-refractivity contribution >= 4 is 43.3 Å². The summed E-state index contributed by atoms with van der Waals surface area (Å²) < 4.78 is 393. The van der Waals surface area contributed by atoms with Crippen LogP contribution in [-0.4, -0.2) is 112 Å². The summed E-state index contributed by atoms with van der Waals surface area (Å²) in [7, 11) is -13.2. The summed E-state index contributed by atoms with van der Waals surface area (Å²) in [4.78, 5) is 17.0. The Morgan fingerprint density at radius 1 is 0.535 bits per heavy atom. The van der Waals surface area contributed by atoms with Crippen LogP contribution in [0.15, 0.2) is 56.9 Å². The van der Waals surface area contributed by atoms with Crippen LogP contribution < -0.4 is 0 Å². The SMILES string of the molecule is O=[N+]([O-])c1cc(S(=O)(=O)OCC(F)(F)C(F)(F)C(F)(F)C(F)(F)C(F)(F)C(F)F)cc2c1-c1c(cc(S(=O)(=O)OCC(F)(F)C(F)(F)C(F)(F)C(F)(F)C(F)(F)C(F)F)cc1[N+](=O)[O-])C2=Cc1ccco1. The standard InChI is InChI=1S/C32H14F24N2O11S2/c33-21(34)25(41,42)29(49,50)31(53,54)27(45,46)23(37,38)9-68-70(63,64)12-5-15-14(4-11-2-1-3-67-11)16-6-13(8-18(58(61)62)20(16)19(15)17(7-12)57(59)60)71(65,66)69-10-24(39,40)28(47,48)32(55,56)30(51,52)26(43,44)22(35)36/h1-8,21-22H,9-10H2. The molecule has 0 N–H and O–H groups in total. The monoisotopic (exact) mass is 1120 g/mol. The molecule has 398 valence electrons. The molecule has 0 bridgehead atoms. The van der Waals surface area contributed by atoms with Crippen LogP contribution in [0.2, 0.25) is 0 Å². The first-order valence-corrected chi connectivity index (χ1v) is 19.9. The highest BCUT2D eigenvalue weighted by molar-refractivity contribution is 7.87. The fraction of sp³-hybridized carbons (Fsp3) is 0.438. The van der Waals surface area contributed by atoms with E-state index in [2.05, 4.69) is 8.37 Å². The third-order valence-corrected chi connectivity index (χ3v) is 12.0. The Morgan fingerprint density at radius 3 is 1.13 bits per heavy atom. The Morgan fingerprint density at radius 2 is 0.859 bits per heavy atom. The molecule has 0 amide bonds. The van der Waals surface area contributed by atoms with Gasteiger partial charge in [0.15, 0.2) is 0 Å². The zero-order chi connectivity index (χ0) is 55.3. The van der Waals surface area contributed by atoms with Gasteiger partial charge in [-0.3, -0.25) is 28.6 Å². The normalized spacial score (nSPS) is 15.1. The maximum absolute atomic E-state index is 14.5. The van der Waals surface area contributed by atoms with Gasteiger partial charge >= 0.3 is 72.1 Å². The number of fused-ring (bicyclic) bond motifs is 3. The minimum atomic E-state index is -8.22. The fourth-order valence-corrected chi connectivity index (χ4v) is 7.63. The van der Waals surface area contributed by atoms with Gasteiger partial charge in [0.2, 0.25) is 0 Å². The number of benzene rings is 2. The molecular formula is C32H14F24N2O11S2. The zero-order valence-electron chi connectivity index (χ0n) is 32.5. The van der Waals surface area contributed by atoms with Crippen molar-refractivity contribution in [3.05, 3.63) is 79.8 Å². The van der Waals surface area contributed by atoms with Crippen LogP contribution >= 0.6 is 0 Å². The predicted molar refractivity (Wildman–Crippen MR) is 179 cm³/mol. The van der Waals surface area contributed by atoms with Crippen molar-refractivity contribution in [2.45, 2.75) is 81.9 Å². The third-order valence-electron chi connectivity index (χ3n) is 9.49. The van der Waals surface area contributed by atoms with E-state index in [0.29, 0.717) is 6.08 Å². The van der Waals surface area contributed by atoms with E-state index in [1.165, 1.54) is 0 Å². The highest BCUT2D eigenvalue weighted by Gasteiger charge is 2.89. The molecule has 0 radical (unpaired) electrons. The Bertz CT molecular complexity index is 2680. The Balaban J connectivity index is 1.89. The van der Waals surface area contributed by atoms with Crippen molar-refractivity contribution in [3.63, 3.8) is 0 Å². The molecule has 0 spiro atoms. The molecule has 1 heterocycles. The lowest BCUT2D eigenvalue weighted by molar-refractivity contribution is -0.414. The first kappa shape index (κ1) is 58.0. The number of nitrogens with zero attached hydrogens (tertiary/aromatic N) is 2. The molecule has 0 fully saturated rings. The van der Waals surface area contributed by atoms with E-state index < -0.39 is 182 Å². The Hall–Kier alpha value is -5.60. The average molecular weight is 1120 g/mol. The molecule has 0 atom stereocenters. The summed E-state index contributed by atoms with van der Waals surface area (Å²) in [6.45, 7) is -7.71. The molecule has 2 aromatic carbocycles. The Kier molecular flexibility index (Phi) is 14.3. The minimum Gasteiger partial charge on any atom is -0.465 e. The first-order chi connectivity index (χ1) is 31.6. The number of nitro benzene ring substituents is 2. The molecular weight excluding hydrogens is 1110 g/mol. The second-order valence-corrected chi connectivity index (χ2v) is 17.2. The van der Waals surface area contributed by atoms with Crippen LogP contribution in [0.4, 0.5) is 117 Å². The molecule has 13 nitrogen and oxygen atoms in total. The lowest BCUT2D eigenvalue weighted by Gasteiger charge is -2.38. The van der Waals surface area contributed by atoms with Gasteiger partial charge in [-0.05, 0) is 47.0 Å². The van der Waals surface area contributed by atoms with Crippen LogP contribution in [0, 0.1) is 20.2 Å². The van der Waals surface area contributed by atoms with Gasteiger partial charge in [-0.1, -0.05) is 0 Å². The number of nitro groups is 2. The van der Waals surface area contributed by atoms with E-state index in [-0.39, 0.29) is 12.1 Å². The van der Waals surface area contributed by atoms with E-state index in [0.717, 1.165) is 18.4 Å². The number of rotatable bonds is 21. The summed E-state index contributed by atoms with van der Waals surface area (Å²) in [6.07, 6.45) is -10.7. The van der Waals surface area contributed by atoms with Crippen molar-refractivity contribution in [3.8, 4) is 11.1 Å². The summed E-state index contributed by atoms with van der Waals surface area (Å²) >= 11 is 0. The molecule has 1 aromatic heterocycles. The first-order valence-electron chi connectivity index (χ1n) is 17.1. The van der Waals surface area contributed by atoms with Crippen molar-refractivity contribution in [1.82, 2.24) is 0 Å². The van der Waals surface area contributed by atoms with Gasteiger partial charge in [0, 0.05) is 12.1 Å². The number of hydrogen-bond donors (Lipinski definition) is 0. The van der Waals surface area contributed by atoms with Crippen molar-refractivity contribution < 1.29 is 145 Å². The van der Waals surface area contributed by atoms with Gasteiger partial charge in [-0.15, -0.1) is 0 Å². The lowest BCUT2D eigenvalue weighted by Crippen LogP contribution is -2.69. The quantitative estimate of drug-likeness (QED) is 0.0334.